The fourth-order valence-electron chi connectivity index (χ4n) is 2.68. The number of halogens is 1. The van der Waals surface area contributed by atoms with E-state index in [1.807, 2.05) is 6.92 Å². The van der Waals surface area contributed by atoms with Gasteiger partial charge in [0.05, 0.1) is 16.8 Å². The van der Waals surface area contributed by atoms with Crippen LogP contribution in [-0.4, -0.2) is 28.1 Å². The summed E-state index contributed by atoms with van der Waals surface area (Å²) in [7, 11) is 1.69. The number of rotatable bonds is 4. The van der Waals surface area contributed by atoms with Crippen LogP contribution in [0.2, 0.25) is 5.15 Å². The van der Waals surface area contributed by atoms with Crippen LogP contribution < -0.4 is 5.32 Å². The van der Waals surface area contributed by atoms with Crippen LogP contribution in [0.25, 0.3) is 5.57 Å². The molecule has 6 heteroatoms. The number of amides is 1. The van der Waals surface area contributed by atoms with E-state index >= 15 is 0 Å². The maximum atomic E-state index is 12.4. The third-order valence-corrected chi connectivity index (χ3v) is 4.33. The van der Waals surface area contributed by atoms with Crippen molar-refractivity contribution in [1.82, 2.24) is 9.88 Å². The Morgan fingerprint density at radius 1 is 1.38 bits per heavy atom. The molecule has 2 rings (SSSR count). The van der Waals surface area contributed by atoms with Crippen LogP contribution in [0.4, 0.5) is 0 Å². The first-order valence-corrected chi connectivity index (χ1v) is 7.36. The van der Waals surface area contributed by atoms with Crippen molar-refractivity contribution < 1.29 is 14.7 Å². The highest BCUT2D eigenvalue weighted by atomic mass is 35.5. The number of carboxylic acids is 1. The third-order valence-electron chi connectivity index (χ3n) is 3.89. The van der Waals surface area contributed by atoms with Gasteiger partial charge >= 0.3 is 5.97 Å². The quantitative estimate of drug-likeness (QED) is 0.840. The van der Waals surface area contributed by atoms with Gasteiger partial charge < -0.3 is 15.0 Å². The van der Waals surface area contributed by atoms with E-state index in [4.69, 9.17) is 11.6 Å². The summed E-state index contributed by atoms with van der Waals surface area (Å²) in [6.45, 7) is 4.08. The number of hydrogen-bond donors (Lipinski definition) is 2. The molecule has 1 aromatic rings. The Balaban J connectivity index is 2.65. The Morgan fingerprint density at radius 3 is 2.38 bits per heavy atom. The molecule has 1 heterocycles. The molecule has 1 saturated carbocycles. The van der Waals surface area contributed by atoms with Crippen molar-refractivity contribution in [2.24, 2.45) is 7.05 Å². The molecule has 1 aliphatic rings. The zero-order valence-electron chi connectivity index (χ0n) is 12.4. The molecule has 114 valence electrons. The maximum Gasteiger partial charge on any atom is 0.339 e. The standard InChI is InChI=1S/C15H19ClN2O3/c1-4-17-14(19)11(9-6-5-7-9)12-8(2)10(15(20)21)13(16)18(12)3/h4-7H2,1-3H3,(H,17,19)(H,20,21). The highest BCUT2D eigenvalue weighted by Gasteiger charge is 2.29. The summed E-state index contributed by atoms with van der Waals surface area (Å²) in [5.74, 6) is -1.24. The van der Waals surface area contributed by atoms with Crippen LogP contribution in [0.1, 0.15) is 47.8 Å². The number of carboxylic acid groups (broad SMARTS) is 1. The summed E-state index contributed by atoms with van der Waals surface area (Å²) < 4.78 is 1.59. The summed E-state index contributed by atoms with van der Waals surface area (Å²) in [5, 5.41) is 12.3. The molecular formula is C15H19ClN2O3. The van der Waals surface area contributed by atoms with Crippen LogP contribution in [0.3, 0.4) is 0 Å². The zero-order chi connectivity index (χ0) is 15.7. The van der Waals surface area contributed by atoms with Crippen molar-refractivity contribution in [3.8, 4) is 0 Å². The van der Waals surface area contributed by atoms with E-state index in [0.29, 0.717) is 23.4 Å². The lowest BCUT2D eigenvalue weighted by Gasteiger charge is -2.22. The maximum absolute atomic E-state index is 12.4. The number of nitrogens with one attached hydrogen (secondary N) is 1. The van der Waals surface area contributed by atoms with Gasteiger partial charge in [-0.3, -0.25) is 4.79 Å². The first kappa shape index (κ1) is 15.6. The van der Waals surface area contributed by atoms with Crippen LogP contribution in [-0.2, 0) is 11.8 Å². The highest BCUT2D eigenvalue weighted by Crippen LogP contribution is 2.38. The number of likely N-dealkylation sites (N-methyl/N-ethyl adjacent to an activating group) is 1. The van der Waals surface area contributed by atoms with Gasteiger partial charge in [0.1, 0.15) is 5.15 Å². The normalized spacial score (nSPS) is 13.8. The fourth-order valence-corrected chi connectivity index (χ4v) is 2.99. The molecule has 1 amide bonds. The number of hydrogen-bond acceptors (Lipinski definition) is 2. The number of carbonyl (C=O) groups excluding carboxylic acids is 1. The lowest BCUT2D eigenvalue weighted by molar-refractivity contribution is -0.115. The molecule has 0 aromatic carbocycles. The molecule has 0 bridgehead atoms. The second-order valence-corrected chi connectivity index (χ2v) is 5.55. The molecule has 2 N–H and O–H groups in total. The van der Waals surface area contributed by atoms with Crippen molar-refractivity contribution in [1.29, 1.82) is 0 Å². The first-order valence-electron chi connectivity index (χ1n) is 6.98. The summed E-state index contributed by atoms with van der Waals surface area (Å²) in [4.78, 5) is 23.8. The topological polar surface area (TPSA) is 71.3 Å². The minimum atomic E-state index is -1.08. The van der Waals surface area contributed by atoms with Gasteiger partial charge in [-0.15, -0.1) is 0 Å². The van der Waals surface area contributed by atoms with E-state index in [1.165, 1.54) is 0 Å². The summed E-state index contributed by atoms with van der Waals surface area (Å²) in [6.07, 6.45) is 2.80. The van der Waals surface area contributed by atoms with E-state index < -0.39 is 5.97 Å². The summed E-state index contributed by atoms with van der Waals surface area (Å²) in [6, 6.07) is 0. The monoisotopic (exact) mass is 310 g/mol. The Labute approximate surface area is 128 Å². The Kier molecular flexibility index (Phi) is 4.42. The average molecular weight is 311 g/mol. The molecule has 21 heavy (non-hydrogen) atoms. The second kappa shape index (κ2) is 5.93. The molecule has 0 unspecified atom stereocenters. The Hall–Kier alpha value is -1.75. The van der Waals surface area contributed by atoms with Gasteiger partial charge in [-0.25, -0.2) is 4.79 Å². The van der Waals surface area contributed by atoms with Crippen LogP contribution in [0.5, 0.6) is 0 Å². The minimum Gasteiger partial charge on any atom is -0.478 e. The average Bonchev–Trinajstić information content (AvgIpc) is 2.56. The van der Waals surface area contributed by atoms with Gasteiger partial charge in [0, 0.05) is 13.6 Å². The van der Waals surface area contributed by atoms with Gasteiger partial charge in [0.25, 0.3) is 5.91 Å². The molecule has 0 saturated heterocycles. The van der Waals surface area contributed by atoms with E-state index in [9.17, 15) is 14.7 Å². The van der Waals surface area contributed by atoms with Gasteiger partial charge in [0.2, 0.25) is 0 Å². The van der Waals surface area contributed by atoms with Crippen LogP contribution in [0.15, 0.2) is 5.57 Å². The summed E-state index contributed by atoms with van der Waals surface area (Å²) in [5.41, 5.74) is 2.86. The smallest absolute Gasteiger partial charge is 0.339 e. The van der Waals surface area contributed by atoms with Gasteiger partial charge in [-0.2, -0.15) is 0 Å². The van der Waals surface area contributed by atoms with Gasteiger partial charge in [-0.05, 0) is 38.7 Å². The molecule has 1 aromatic heterocycles. The predicted molar refractivity (Wildman–Crippen MR) is 81.6 cm³/mol. The number of aromatic carboxylic acids is 1. The molecule has 1 fully saturated rings. The number of carbonyl (C=O) groups is 2. The third kappa shape index (κ3) is 2.58. The van der Waals surface area contributed by atoms with E-state index in [1.54, 1.807) is 18.5 Å². The molecule has 0 radical (unpaired) electrons. The fraction of sp³-hybridized carbons (Fsp3) is 0.467. The van der Waals surface area contributed by atoms with Crippen LogP contribution in [0, 0.1) is 6.92 Å². The SMILES string of the molecule is CCNC(=O)C(=C1CCC1)c1c(C)c(C(=O)O)c(Cl)n1C. The van der Waals surface area contributed by atoms with Crippen molar-refractivity contribution in [2.75, 3.05) is 6.54 Å². The van der Waals surface area contributed by atoms with Gasteiger partial charge in [-0.1, -0.05) is 17.2 Å². The van der Waals surface area contributed by atoms with Crippen molar-refractivity contribution >= 4 is 29.1 Å². The molecule has 0 atom stereocenters. The molecular weight excluding hydrogens is 292 g/mol. The Morgan fingerprint density at radius 2 is 2.00 bits per heavy atom. The molecule has 1 aliphatic carbocycles. The van der Waals surface area contributed by atoms with Crippen LogP contribution >= 0.6 is 11.6 Å². The number of nitrogens with zero attached hydrogens (tertiary/aromatic N) is 1. The molecule has 5 nitrogen and oxygen atoms in total. The van der Waals surface area contributed by atoms with Gasteiger partial charge in [0.15, 0.2) is 0 Å². The minimum absolute atomic E-state index is 0.0656. The number of aromatic nitrogens is 1. The van der Waals surface area contributed by atoms with Crippen molar-refractivity contribution in [2.45, 2.75) is 33.1 Å². The zero-order valence-corrected chi connectivity index (χ0v) is 13.2. The molecule has 0 aliphatic heterocycles. The van der Waals surface area contributed by atoms with E-state index in [-0.39, 0.29) is 16.6 Å². The summed E-state index contributed by atoms with van der Waals surface area (Å²) >= 11 is 6.13. The molecule has 0 spiro atoms. The number of allylic oxidation sites excluding steroid dienone is 1. The second-order valence-electron chi connectivity index (χ2n) is 5.20. The lowest BCUT2D eigenvalue weighted by Crippen LogP contribution is -2.27. The first-order chi connectivity index (χ1) is 9.90. The highest BCUT2D eigenvalue weighted by molar-refractivity contribution is 6.33. The van der Waals surface area contributed by atoms with E-state index in [0.717, 1.165) is 24.8 Å². The predicted octanol–water partition coefficient (Wildman–Crippen LogP) is 2.76. The van der Waals surface area contributed by atoms with Crippen molar-refractivity contribution in [3.05, 3.63) is 27.5 Å². The largest absolute Gasteiger partial charge is 0.478 e. The van der Waals surface area contributed by atoms with Crippen molar-refractivity contribution in [3.63, 3.8) is 0 Å². The lowest BCUT2D eigenvalue weighted by atomic mass is 9.85. The Bertz CT molecular complexity index is 638. The van der Waals surface area contributed by atoms with E-state index in [2.05, 4.69) is 5.32 Å².